The first-order valence-corrected chi connectivity index (χ1v) is 8.75. The molecular formula is C17H5F19O3. The van der Waals surface area contributed by atoms with E-state index >= 15 is 0 Å². The second kappa shape index (κ2) is 9.52. The van der Waals surface area contributed by atoms with Crippen LogP contribution in [0.1, 0.15) is 10.4 Å². The molecular weight excluding hydrogens is 613 g/mol. The van der Waals surface area contributed by atoms with Crippen molar-refractivity contribution >= 4 is 5.97 Å². The minimum Gasteiger partial charge on any atom is -0.478 e. The number of hydrogen-bond acceptors (Lipinski definition) is 2. The number of para-hydroxylation sites is 1. The number of benzene rings is 1. The number of allylic oxidation sites excluding steroid dienone is 1. The quantitative estimate of drug-likeness (QED) is 0.215. The maximum absolute atomic E-state index is 13.7. The first-order valence-electron chi connectivity index (χ1n) is 8.75. The topological polar surface area (TPSA) is 46.5 Å². The fraction of sp³-hybridized carbons (Fsp3) is 0.471. The molecule has 0 heterocycles. The Morgan fingerprint density at radius 2 is 0.949 bits per heavy atom. The molecule has 1 rings (SSSR count). The maximum atomic E-state index is 13.7. The Morgan fingerprint density at radius 1 is 0.590 bits per heavy atom. The van der Waals surface area contributed by atoms with Crippen LogP contribution in [-0.4, -0.2) is 58.7 Å². The Kier molecular flexibility index (Phi) is 8.28. The van der Waals surface area contributed by atoms with Crippen LogP contribution in [0.5, 0.6) is 5.75 Å². The average Bonchev–Trinajstić information content (AvgIpc) is 2.76. The van der Waals surface area contributed by atoms with Gasteiger partial charge in [0, 0.05) is 0 Å². The van der Waals surface area contributed by atoms with Crippen LogP contribution in [0.25, 0.3) is 0 Å². The Bertz CT molecular complexity index is 1120. The summed E-state index contributed by atoms with van der Waals surface area (Å²) in [4.78, 5) is 10.9. The lowest BCUT2D eigenvalue weighted by Gasteiger charge is -2.42. The van der Waals surface area contributed by atoms with Crippen molar-refractivity contribution in [2.24, 2.45) is 0 Å². The Balaban J connectivity index is 3.71. The molecule has 3 nitrogen and oxygen atoms in total. The predicted molar refractivity (Wildman–Crippen MR) is 84.0 cm³/mol. The molecule has 1 aromatic carbocycles. The monoisotopic (exact) mass is 618 g/mol. The molecule has 0 spiro atoms. The van der Waals surface area contributed by atoms with E-state index in [0.717, 1.165) is 6.07 Å². The highest BCUT2D eigenvalue weighted by molar-refractivity contribution is 5.90. The van der Waals surface area contributed by atoms with Gasteiger partial charge in [-0.25, -0.2) is 4.79 Å². The number of ether oxygens (including phenoxy) is 1. The summed E-state index contributed by atoms with van der Waals surface area (Å²) in [5.74, 6) is -68.7. The number of carboxylic acid groups (broad SMARTS) is 1. The lowest BCUT2D eigenvalue weighted by atomic mass is 9.88. The third-order valence-electron chi connectivity index (χ3n) is 4.49. The minimum atomic E-state index is -8.99. The molecule has 224 valence electrons. The Morgan fingerprint density at radius 3 is 1.33 bits per heavy atom. The summed E-state index contributed by atoms with van der Waals surface area (Å²) >= 11 is 0. The van der Waals surface area contributed by atoms with Gasteiger partial charge in [-0.15, -0.1) is 0 Å². The van der Waals surface area contributed by atoms with Gasteiger partial charge in [-0.05, 0) is 12.1 Å². The van der Waals surface area contributed by atoms with Crippen LogP contribution in [0.3, 0.4) is 0 Å². The summed E-state index contributed by atoms with van der Waals surface area (Å²) in [5.41, 5.74) is -1.28. The van der Waals surface area contributed by atoms with Crippen molar-refractivity contribution in [3.05, 3.63) is 41.7 Å². The molecule has 0 radical (unpaired) electrons. The molecule has 0 aliphatic heterocycles. The lowest BCUT2D eigenvalue weighted by molar-refractivity contribution is -0.460. The predicted octanol–water partition coefficient (Wildman–Crippen LogP) is 7.88. The zero-order valence-corrected chi connectivity index (χ0v) is 17.3. The van der Waals surface area contributed by atoms with Crippen molar-refractivity contribution in [3.63, 3.8) is 0 Å². The van der Waals surface area contributed by atoms with Crippen molar-refractivity contribution < 1.29 is 98.1 Å². The molecule has 0 aliphatic carbocycles. The normalized spacial score (nSPS) is 15.7. The van der Waals surface area contributed by atoms with Crippen LogP contribution in [0.4, 0.5) is 83.4 Å². The first-order chi connectivity index (χ1) is 17.0. The van der Waals surface area contributed by atoms with Crippen molar-refractivity contribution in [3.8, 4) is 5.75 Å². The highest BCUT2D eigenvalue weighted by Gasteiger charge is 2.95. The van der Waals surface area contributed by atoms with Gasteiger partial charge in [0.1, 0.15) is 11.3 Å². The van der Waals surface area contributed by atoms with Crippen molar-refractivity contribution in [2.45, 2.75) is 47.6 Å². The number of rotatable bonds is 10. The Hall–Kier alpha value is -3.10. The smallest absolute Gasteiger partial charge is 0.460 e. The highest BCUT2D eigenvalue weighted by atomic mass is 19.4. The number of hydrogen-bond donors (Lipinski definition) is 1. The van der Waals surface area contributed by atoms with Gasteiger partial charge in [0.15, 0.2) is 0 Å². The van der Waals surface area contributed by atoms with Crippen LogP contribution >= 0.6 is 0 Å². The van der Waals surface area contributed by atoms with Crippen LogP contribution in [0.15, 0.2) is 36.1 Å². The fourth-order valence-corrected chi connectivity index (χ4v) is 2.30. The van der Waals surface area contributed by atoms with E-state index in [-0.39, 0.29) is 6.07 Å². The zero-order chi connectivity index (χ0) is 31.4. The average molecular weight is 618 g/mol. The van der Waals surface area contributed by atoms with Crippen molar-refractivity contribution in [1.29, 1.82) is 0 Å². The second-order valence-electron chi connectivity index (χ2n) is 7.01. The number of carbonyl (C=O) groups is 1. The largest absolute Gasteiger partial charge is 0.478 e. The van der Waals surface area contributed by atoms with E-state index in [1.807, 2.05) is 0 Å². The molecule has 0 unspecified atom stereocenters. The number of alkyl halides is 17. The fourth-order valence-electron chi connectivity index (χ4n) is 2.30. The van der Waals surface area contributed by atoms with E-state index in [1.165, 1.54) is 0 Å². The molecule has 1 N–H and O–H groups in total. The second-order valence-corrected chi connectivity index (χ2v) is 7.01. The number of carboxylic acids is 1. The molecule has 0 fully saturated rings. The summed E-state index contributed by atoms with van der Waals surface area (Å²) in [7, 11) is 0. The zero-order valence-electron chi connectivity index (χ0n) is 17.3. The molecule has 0 aromatic heterocycles. The standard InChI is InChI=1S/C17H5F19O3/c18-7(8(19)39-6-4-2-1-3-5(6)9(37)38)10(20,21)11(22,23)12(24,25)13(26,27)14(28,29)15(30,31)16(32,33)17(34,35)36/h1-4H,(H,37,38). The summed E-state index contributed by atoms with van der Waals surface area (Å²) in [6.45, 7) is 0. The van der Waals surface area contributed by atoms with E-state index in [1.54, 1.807) is 0 Å². The third kappa shape index (κ3) is 4.78. The first kappa shape index (κ1) is 33.9. The van der Waals surface area contributed by atoms with E-state index in [0.29, 0.717) is 12.1 Å². The van der Waals surface area contributed by atoms with Crippen LogP contribution < -0.4 is 4.74 Å². The maximum Gasteiger partial charge on any atom is 0.460 e. The van der Waals surface area contributed by atoms with E-state index < -0.39 is 76.8 Å². The molecule has 1 aromatic rings. The van der Waals surface area contributed by atoms with Gasteiger partial charge in [0.05, 0.1) is 0 Å². The van der Waals surface area contributed by atoms with Crippen LogP contribution in [0, 0.1) is 0 Å². The van der Waals surface area contributed by atoms with Gasteiger partial charge in [0.2, 0.25) is 5.83 Å². The molecule has 39 heavy (non-hydrogen) atoms. The SMILES string of the molecule is O=C(O)c1ccccc1OC(F)=C(F)C(F)(F)C(F)(F)C(F)(F)C(F)(F)C(F)(F)C(F)(F)C(F)(F)C(F)(F)F. The summed E-state index contributed by atoms with van der Waals surface area (Å²) in [6.07, 6.45) is -7.95. The minimum absolute atomic E-state index is 0.277. The van der Waals surface area contributed by atoms with Gasteiger partial charge in [0.25, 0.3) is 0 Å². The van der Waals surface area contributed by atoms with Gasteiger partial charge in [-0.3, -0.25) is 0 Å². The van der Waals surface area contributed by atoms with Gasteiger partial charge in [-0.2, -0.15) is 83.4 Å². The summed E-state index contributed by atoms with van der Waals surface area (Å²) in [5, 5.41) is 8.73. The summed E-state index contributed by atoms with van der Waals surface area (Å²) < 4.78 is 255. The molecule has 0 aliphatic rings. The number of halogens is 19. The summed E-state index contributed by atoms with van der Waals surface area (Å²) in [6, 6.07) is -1.62. The van der Waals surface area contributed by atoms with Gasteiger partial charge in [-0.1, -0.05) is 12.1 Å². The highest BCUT2D eigenvalue weighted by Crippen LogP contribution is 2.64. The van der Waals surface area contributed by atoms with E-state index in [9.17, 15) is 88.2 Å². The lowest BCUT2D eigenvalue weighted by Crippen LogP contribution is -2.74. The molecule has 0 atom stereocenters. The van der Waals surface area contributed by atoms with Gasteiger partial charge < -0.3 is 9.84 Å². The molecule has 22 heteroatoms. The van der Waals surface area contributed by atoms with E-state index in [4.69, 9.17) is 5.11 Å². The molecule has 0 saturated carbocycles. The Labute approximate surface area is 200 Å². The van der Waals surface area contributed by atoms with Crippen LogP contribution in [0.2, 0.25) is 0 Å². The van der Waals surface area contributed by atoms with Crippen molar-refractivity contribution in [1.82, 2.24) is 0 Å². The van der Waals surface area contributed by atoms with Gasteiger partial charge >= 0.3 is 59.6 Å². The van der Waals surface area contributed by atoms with Crippen LogP contribution in [-0.2, 0) is 0 Å². The number of aromatic carboxylic acids is 1. The molecule has 0 saturated heterocycles. The molecule has 0 bridgehead atoms. The van der Waals surface area contributed by atoms with E-state index in [2.05, 4.69) is 4.74 Å². The third-order valence-corrected chi connectivity index (χ3v) is 4.49. The van der Waals surface area contributed by atoms with Crippen molar-refractivity contribution in [2.75, 3.05) is 0 Å². The molecule has 0 amide bonds.